The fourth-order valence-electron chi connectivity index (χ4n) is 2.53. The zero-order valence-corrected chi connectivity index (χ0v) is 14.3. The molecule has 0 radical (unpaired) electrons. The Kier molecular flexibility index (Phi) is 4.02. The van der Waals surface area contributed by atoms with E-state index in [1.807, 2.05) is 0 Å². The Labute approximate surface area is 124 Å². The number of hydrogen-bond acceptors (Lipinski definition) is 2. The van der Waals surface area contributed by atoms with Crippen molar-refractivity contribution in [2.45, 2.75) is 51.4 Å². The molecule has 1 aromatic carbocycles. The van der Waals surface area contributed by atoms with E-state index in [4.69, 9.17) is 9.31 Å². The van der Waals surface area contributed by atoms with Gasteiger partial charge < -0.3 is 9.31 Å². The van der Waals surface area contributed by atoms with Crippen molar-refractivity contribution < 1.29 is 9.31 Å². The molecule has 0 saturated carbocycles. The van der Waals surface area contributed by atoms with Gasteiger partial charge in [-0.1, -0.05) is 47.8 Å². The summed E-state index contributed by atoms with van der Waals surface area (Å²) in [5.74, 6) is 0.910. The Morgan fingerprint density at radius 1 is 1.10 bits per heavy atom. The molecule has 0 N–H and O–H groups in total. The van der Waals surface area contributed by atoms with Gasteiger partial charge in [-0.3, -0.25) is 0 Å². The van der Waals surface area contributed by atoms with Crippen molar-refractivity contribution in [3.8, 4) is 0 Å². The molecule has 1 fully saturated rings. The zero-order chi connectivity index (χ0) is 15.0. The van der Waals surface area contributed by atoms with Crippen molar-refractivity contribution in [2.75, 3.05) is 0 Å². The summed E-state index contributed by atoms with van der Waals surface area (Å²) in [7, 11) is -1.92. The zero-order valence-electron chi connectivity index (χ0n) is 13.3. The Hall–Kier alpha value is -0.838. The Morgan fingerprint density at radius 2 is 1.60 bits per heavy atom. The molecule has 1 aliphatic rings. The molecule has 0 amide bonds. The monoisotopic (exact) mass is 288 g/mol. The summed E-state index contributed by atoms with van der Waals surface area (Å²) >= 11 is 0. The summed E-state index contributed by atoms with van der Waals surface area (Å²) in [6.45, 7) is 14.8. The Bertz CT molecular complexity index is 471. The molecular formula is C16H25BO2Si. The summed E-state index contributed by atoms with van der Waals surface area (Å²) in [5.41, 5.74) is 1.61. The predicted molar refractivity (Wildman–Crippen MR) is 88.8 cm³/mol. The first-order valence-corrected chi connectivity index (χ1v) is 10.0. The molecule has 0 aromatic heterocycles. The van der Waals surface area contributed by atoms with Gasteiger partial charge in [0.15, 0.2) is 0 Å². The van der Waals surface area contributed by atoms with Gasteiger partial charge in [0.25, 0.3) is 0 Å². The van der Waals surface area contributed by atoms with Crippen LogP contribution in [0.5, 0.6) is 0 Å². The van der Waals surface area contributed by atoms with Gasteiger partial charge in [0.1, 0.15) is 8.07 Å². The van der Waals surface area contributed by atoms with Crippen molar-refractivity contribution in [2.24, 2.45) is 0 Å². The highest BCUT2D eigenvalue weighted by atomic mass is 28.3. The third-order valence-electron chi connectivity index (χ3n) is 4.78. The average molecular weight is 288 g/mol. The third kappa shape index (κ3) is 2.78. The van der Waals surface area contributed by atoms with Crippen LogP contribution in [0.1, 0.15) is 27.7 Å². The van der Waals surface area contributed by atoms with Crippen LogP contribution in [0, 0.1) is 0 Å². The van der Waals surface area contributed by atoms with Gasteiger partial charge in [-0.2, -0.15) is 0 Å². The van der Waals surface area contributed by atoms with Crippen LogP contribution in [0.15, 0.2) is 42.6 Å². The SMILES string of the molecule is C=C[Si](C)(CB1OC(C)(C)C(C)(C)O1)c1ccccc1. The third-order valence-corrected chi connectivity index (χ3v) is 8.51. The topological polar surface area (TPSA) is 18.5 Å². The fourth-order valence-corrected chi connectivity index (χ4v) is 4.98. The number of hydrogen-bond donors (Lipinski definition) is 0. The van der Waals surface area contributed by atoms with E-state index >= 15 is 0 Å². The highest BCUT2D eigenvalue weighted by Crippen LogP contribution is 2.38. The van der Waals surface area contributed by atoms with Crippen LogP contribution in [0.2, 0.25) is 12.5 Å². The van der Waals surface area contributed by atoms with E-state index in [1.54, 1.807) is 0 Å². The average Bonchev–Trinajstić information content (AvgIpc) is 2.58. The van der Waals surface area contributed by atoms with Crippen LogP contribution in [0.3, 0.4) is 0 Å². The lowest BCUT2D eigenvalue weighted by atomic mass is 9.90. The fraction of sp³-hybridized carbons (Fsp3) is 0.500. The first kappa shape index (κ1) is 15.5. The quantitative estimate of drug-likeness (QED) is 0.791. The summed E-state index contributed by atoms with van der Waals surface area (Å²) in [6.07, 6.45) is 0. The molecule has 1 heterocycles. The largest absolute Gasteiger partial charge is 0.455 e. The van der Waals surface area contributed by atoms with E-state index in [9.17, 15) is 0 Å². The van der Waals surface area contributed by atoms with Gasteiger partial charge in [0, 0.05) is 0 Å². The molecule has 1 aromatic rings. The van der Waals surface area contributed by atoms with E-state index in [1.165, 1.54) is 5.19 Å². The van der Waals surface area contributed by atoms with E-state index < -0.39 is 8.07 Å². The lowest BCUT2D eigenvalue weighted by Gasteiger charge is -2.32. The maximum absolute atomic E-state index is 6.15. The first-order valence-electron chi connectivity index (χ1n) is 7.25. The molecule has 0 aliphatic carbocycles. The normalized spacial score (nSPS) is 23.4. The van der Waals surface area contributed by atoms with Crippen LogP contribution in [-0.2, 0) is 9.31 Å². The van der Waals surface area contributed by atoms with Gasteiger partial charge in [0.05, 0.1) is 11.2 Å². The second-order valence-electron chi connectivity index (χ2n) is 6.88. The van der Waals surface area contributed by atoms with Crippen LogP contribution in [0.4, 0.5) is 0 Å². The van der Waals surface area contributed by atoms with E-state index in [-0.39, 0.29) is 18.3 Å². The molecule has 20 heavy (non-hydrogen) atoms. The molecule has 1 atom stereocenters. The maximum atomic E-state index is 6.15. The smallest absolute Gasteiger partial charge is 0.403 e. The minimum atomic E-state index is -1.78. The molecular weight excluding hydrogens is 263 g/mol. The molecule has 0 spiro atoms. The lowest BCUT2D eigenvalue weighted by Crippen LogP contribution is -2.47. The van der Waals surface area contributed by atoms with Crippen molar-refractivity contribution in [1.82, 2.24) is 0 Å². The second-order valence-corrected chi connectivity index (χ2v) is 11.1. The van der Waals surface area contributed by atoms with Crippen molar-refractivity contribution in [1.29, 1.82) is 0 Å². The molecule has 1 saturated heterocycles. The highest BCUT2D eigenvalue weighted by molar-refractivity contribution is 7.00. The van der Waals surface area contributed by atoms with Crippen molar-refractivity contribution in [3.05, 3.63) is 42.6 Å². The standard InChI is InChI=1S/C16H25BO2Si/c1-7-20(6,14-11-9-8-10-12-14)13-17-18-15(2,3)16(4,5)19-17/h7-12H,1,13H2,2-6H3. The molecule has 2 rings (SSSR count). The second kappa shape index (κ2) is 5.17. The molecule has 1 aliphatic heterocycles. The van der Waals surface area contributed by atoms with Crippen LogP contribution in [-0.4, -0.2) is 26.4 Å². The van der Waals surface area contributed by atoms with E-state index in [0.717, 1.165) is 5.94 Å². The minimum Gasteiger partial charge on any atom is -0.403 e. The molecule has 1 unspecified atom stereocenters. The maximum Gasteiger partial charge on any atom is 0.455 e. The molecule has 2 nitrogen and oxygen atoms in total. The summed E-state index contributed by atoms with van der Waals surface area (Å²) < 4.78 is 12.3. The summed E-state index contributed by atoms with van der Waals surface area (Å²) in [6, 6.07) is 10.6. The van der Waals surface area contributed by atoms with Crippen LogP contribution < -0.4 is 5.19 Å². The highest BCUT2D eigenvalue weighted by Gasteiger charge is 2.52. The number of benzene rings is 1. The van der Waals surface area contributed by atoms with Crippen molar-refractivity contribution >= 4 is 20.4 Å². The van der Waals surface area contributed by atoms with Gasteiger partial charge >= 0.3 is 7.12 Å². The Morgan fingerprint density at radius 3 is 2.05 bits per heavy atom. The summed E-state index contributed by atoms with van der Waals surface area (Å²) in [5, 5.41) is 1.38. The summed E-state index contributed by atoms with van der Waals surface area (Å²) in [4.78, 5) is 0. The molecule has 4 heteroatoms. The lowest BCUT2D eigenvalue weighted by molar-refractivity contribution is 0.00578. The van der Waals surface area contributed by atoms with E-state index in [2.05, 4.69) is 76.9 Å². The predicted octanol–water partition coefficient (Wildman–Crippen LogP) is 3.33. The minimum absolute atomic E-state index is 0.144. The first-order chi connectivity index (χ1) is 9.20. The van der Waals surface area contributed by atoms with Crippen LogP contribution >= 0.6 is 0 Å². The Balaban J connectivity index is 2.19. The van der Waals surface area contributed by atoms with Gasteiger partial charge in [0.2, 0.25) is 0 Å². The van der Waals surface area contributed by atoms with E-state index in [0.29, 0.717) is 0 Å². The van der Waals surface area contributed by atoms with Crippen molar-refractivity contribution in [3.63, 3.8) is 0 Å². The van der Waals surface area contributed by atoms with Gasteiger partial charge in [-0.25, -0.2) is 0 Å². The van der Waals surface area contributed by atoms with Crippen LogP contribution in [0.25, 0.3) is 0 Å². The molecule has 108 valence electrons. The number of rotatable bonds is 4. The van der Waals surface area contributed by atoms with Gasteiger partial charge in [-0.05, 0) is 33.6 Å². The van der Waals surface area contributed by atoms with Gasteiger partial charge in [-0.15, -0.1) is 6.58 Å². The molecule has 0 bridgehead atoms.